The Morgan fingerprint density at radius 1 is 1.19 bits per heavy atom. The Kier molecular flexibility index (Phi) is 3.19. The van der Waals surface area contributed by atoms with Crippen molar-refractivity contribution in [2.24, 2.45) is 0 Å². The predicted octanol–water partition coefficient (Wildman–Crippen LogP) is -0.204. The van der Waals surface area contributed by atoms with E-state index >= 15 is 0 Å². The summed E-state index contributed by atoms with van der Waals surface area (Å²) >= 11 is 0. The lowest BCUT2D eigenvalue weighted by Gasteiger charge is -2.13. The Morgan fingerprint density at radius 3 is 2.31 bits per heavy atom. The molecular formula is C11H13NO4. The fourth-order valence-corrected chi connectivity index (χ4v) is 1.55. The first kappa shape index (κ1) is 11.1. The number of hydrogen-bond donors (Lipinski definition) is 2. The van der Waals surface area contributed by atoms with Gasteiger partial charge in [-0.25, -0.2) is 4.79 Å². The molecule has 2 N–H and O–H groups in total. The molecule has 0 saturated carbocycles. The summed E-state index contributed by atoms with van der Waals surface area (Å²) in [5.41, 5.74) is 0.443. The molecular weight excluding hydrogens is 210 g/mol. The Hall–Kier alpha value is -1.43. The van der Waals surface area contributed by atoms with Crippen LogP contribution >= 0.6 is 0 Å². The average Bonchev–Trinajstić information content (AvgIpc) is 2.59. The van der Waals surface area contributed by atoms with Gasteiger partial charge in [0.2, 0.25) is 0 Å². The summed E-state index contributed by atoms with van der Waals surface area (Å²) in [4.78, 5) is 16.6. The Balaban J connectivity index is 1.94. The Labute approximate surface area is 92.8 Å². The van der Waals surface area contributed by atoms with Gasteiger partial charge in [-0.2, -0.15) is 0 Å². The topological polar surface area (TPSA) is 70.0 Å². The molecule has 0 bridgehead atoms. The zero-order valence-corrected chi connectivity index (χ0v) is 8.61. The highest BCUT2D eigenvalue weighted by Gasteiger charge is 2.32. The molecule has 1 aromatic carbocycles. The normalized spacial score (nSPS) is 25.6. The van der Waals surface area contributed by atoms with Crippen LogP contribution in [0.3, 0.4) is 0 Å². The summed E-state index contributed by atoms with van der Waals surface area (Å²) in [7, 11) is 0. The maximum atomic E-state index is 11.6. The van der Waals surface area contributed by atoms with Crippen molar-refractivity contribution in [2.45, 2.75) is 12.2 Å². The minimum Gasteiger partial charge on any atom is -0.389 e. The molecule has 1 aromatic rings. The molecule has 2 atom stereocenters. The number of aliphatic hydroxyl groups excluding tert-OH is 2. The molecule has 1 aliphatic rings. The molecule has 0 amide bonds. The number of aliphatic hydroxyl groups is 2. The smallest absolute Gasteiger partial charge is 0.357 e. The summed E-state index contributed by atoms with van der Waals surface area (Å²) in [6.07, 6.45) is -1.72. The maximum Gasteiger partial charge on any atom is 0.357 e. The summed E-state index contributed by atoms with van der Waals surface area (Å²) < 4.78 is 0. The number of nitrogens with zero attached hydrogens (tertiary/aromatic N) is 1. The molecule has 1 saturated heterocycles. The van der Waals surface area contributed by atoms with Gasteiger partial charge < -0.3 is 15.1 Å². The molecule has 1 heterocycles. The van der Waals surface area contributed by atoms with E-state index in [0.717, 1.165) is 0 Å². The average molecular weight is 223 g/mol. The standard InChI is InChI=1S/C11H13NO4/c13-9-6-12(7-10(9)14)16-11(15)8-4-2-1-3-5-8/h1-5,9-10,13-14H,6-7H2. The van der Waals surface area contributed by atoms with E-state index in [1.807, 2.05) is 0 Å². The zero-order valence-electron chi connectivity index (χ0n) is 8.61. The minimum atomic E-state index is -0.858. The van der Waals surface area contributed by atoms with Gasteiger partial charge >= 0.3 is 5.97 Å². The number of carbonyl (C=O) groups excluding carboxylic acids is 1. The Bertz CT molecular complexity index is 358. The minimum absolute atomic E-state index is 0.139. The fourth-order valence-electron chi connectivity index (χ4n) is 1.55. The highest BCUT2D eigenvalue weighted by Crippen LogP contribution is 2.12. The van der Waals surface area contributed by atoms with Crippen molar-refractivity contribution >= 4 is 5.97 Å². The lowest BCUT2D eigenvalue weighted by Crippen LogP contribution is -2.26. The number of benzene rings is 1. The van der Waals surface area contributed by atoms with Gasteiger partial charge in [0.05, 0.1) is 30.9 Å². The van der Waals surface area contributed by atoms with Crippen LogP contribution in [0.15, 0.2) is 30.3 Å². The number of hydroxylamine groups is 2. The third-order valence-electron chi connectivity index (χ3n) is 2.45. The molecule has 0 aliphatic carbocycles. The number of β-amino-alcohol motifs (C(OH)–C–C–N with tert-alkyl or cyclic N) is 2. The van der Waals surface area contributed by atoms with Gasteiger partial charge in [0.1, 0.15) is 0 Å². The van der Waals surface area contributed by atoms with E-state index in [0.29, 0.717) is 5.56 Å². The van der Waals surface area contributed by atoms with E-state index in [1.54, 1.807) is 30.3 Å². The Morgan fingerprint density at radius 2 is 1.75 bits per heavy atom. The molecule has 5 nitrogen and oxygen atoms in total. The fraction of sp³-hybridized carbons (Fsp3) is 0.364. The van der Waals surface area contributed by atoms with E-state index in [2.05, 4.69) is 0 Å². The van der Waals surface area contributed by atoms with Crippen molar-refractivity contribution in [2.75, 3.05) is 13.1 Å². The quantitative estimate of drug-likeness (QED) is 0.726. The van der Waals surface area contributed by atoms with Gasteiger partial charge in [0, 0.05) is 0 Å². The molecule has 16 heavy (non-hydrogen) atoms. The van der Waals surface area contributed by atoms with Crippen molar-refractivity contribution < 1.29 is 19.8 Å². The molecule has 1 fully saturated rings. The number of hydrogen-bond acceptors (Lipinski definition) is 5. The van der Waals surface area contributed by atoms with Crippen LogP contribution in [-0.2, 0) is 4.84 Å². The van der Waals surface area contributed by atoms with Crippen LogP contribution in [0.1, 0.15) is 10.4 Å². The van der Waals surface area contributed by atoms with Gasteiger partial charge in [-0.05, 0) is 12.1 Å². The molecule has 2 unspecified atom stereocenters. The predicted molar refractivity (Wildman–Crippen MR) is 55.4 cm³/mol. The number of rotatable bonds is 2. The van der Waals surface area contributed by atoms with Crippen molar-refractivity contribution in [1.82, 2.24) is 5.06 Å². The van der Waals surface area contributed by atoms with Gasteiger partial charge in [0.25, 0.3) is 0 Å². The number of carbonyl (C=O) groups is 1. The second-order valence-electron chi connectivity index (χ2n) is 3.73. The zero-order chi connectivity index (χ0) is 11.5. The van der Waals surface area contributed by atoms with Crippen LogP contribution in [-0.4, -0.2) is 46.5 Å². The lowest BCUT2D eigenvalue weighted by atomic mass is 10.2. The van der Waals surface area contributed by atoms with Crippen molar-refractivity contribution in [3.05, 3.63) is 35.9 Å². The van der Waals surface area contributed by atoms with Gasteiger partial charge in [-0.15, -0.1) is 5.06 Å². The molecule has 0 spiro atoms. The van der Waals surface area contributed by atoms with Gasteiger partial charge in [-0.3, -0.25) is 0 Å². The third kappa shape index (κ3) is 2.38. The molecule has 0 aromatic heterocycles. The van der Waals surface area contributed by atoms with Crippen LogP contribution in [0, 0.1) is 0 Å². The summed E-state index contributed by atoms with van der Waals surface area (Å²) in [6, 6.07) is 8.57. The summed E-state index contributed by atoms with van der Waals surface area (Å²) in [5, 5.41) is 19.8. The molecule has 1 aliphatic heterocycles. The molecule has 2 rings (SSSR count). The highest BCUT2D eigenvalue weighted by molar-refractivity contribution is 5.89. The van der Waals surface area contributed by atoms with Crippen LogP contribution < -0.4 is 0 Å². The monoisotopic (exact) mass is 223 g/mol. The van der Waals surface area contributed by atoms with Crippen LogP contribution in [0.5, 0.6) is 0 Å². The largest absolute Gasteiger partial charge is 0.389 e. The molecule has 86 valence electrons. The highest BCUT2D eigenvalue weighted by atomic mass is 16.7. The van der Waals surface area contributed by atoms with Crippen molar-refractivity contribution in [3.8, 4) is 0 Å². The summed E-state index contributed by atoms with van der Waals surface area (Å²) in [5.74, 6) is -0.484. The van der Waals surface area contributed by atoms with Crippen LogP contribution in [0.4, 0.5) is 0 Å². The van der Waals surface area contributed by atoms with E-state index in [4.69, 9.17) is 4.84 Å². The first-order chi connectivity index (χ1) is 7.66. The second-order valence-corrected chi connectivity index (χ2v) is 3.73. The lowest BCUT2D eigenvalue weighted by molar-refractivity contribution is -0.100. The van der Waals surface area contributed by atoms with Crippen molar-refractivity contribution in [1.29, 1.82) is 0 Å². The maximum absolute atomic E-state index is 11.6. The van der Waals surface area contributed by atoms with E-state index in [9.17, 15) is 15.0 Å². The van der Waals surface area contributed by atoms with Gasteiger partial charge in [0.15, 0.2) is 0 Å². The first-order valence-corrected chi connectivity index (χ1v) is 5.05. The van der Waals surface area contributed by atoms with Crippen LogP contribution in [0.25, 0.3) is 0 Å². The van der Waals surface area contributed by atoms with E-state index < -0.39 is 18.2 Å². The molecule has 5 heteroatoms. The molecule has 0 radical (unpaired) electrons. The third-order valence-corrected chi connectivity index (χ3v) is 2.45. The SMILES string of the molecule is O=C(ON1CC(O)C(O)C1)c1ccccc1. The van der Waals surface area contributed by atoms with Crippen molar-refractivity contribution in [3.63, 3.8) is 0 Å². The second kappa shape index (κ2) is 4.61. The van der Waals surface area contributed by atoms with Crippen LogP contribution in [0.2, 0.25) is 0 Å². The summed E-state index contributed by atoms with van der Waals surface area (Å²) in [6.45, 7) is 0.277. The van der Waals surface area contributed by atoms with E-state index in [-0.39, 0.29) is 13.1 Å². The van der Waals surface area contributed by atoms with E-state index in [1.165, 1.54) is 5.06 Å². The van der Waals surface area contributed by atoms with Gasteiger partial charge in [-0.1, -0.05) is 18.2 Å². The first-order valence-electron chi connectivity index (χ1n) is 5.05.